The summed E-state index contributed by atoms with van der Waals surface area (Å²) >= 11 is 0. The number of amides is 3. The number of carbonyl (C=O) groups is 3. The first-order chi connectivity index (χ1) is 20.0. The molecular weight excluding hydrogens is 520 g/mol. The Kier molecular flexibility index (Phi) is 10.5. The van der Waals surface area contributed by atoms with Crippen LogP contribution in [0.15, 0.2) is 115 Å². The Morgan fingerprint density at radius 1 is 0.634 bits per heavy atom. The Labute approximate surface area is 238 Å². The molecule has 9 nitrogen and oxygen atoms in total. The van der Waals surface area contributed by atoms with Gasteiger partial charge in [-0.25, -0.2) is 10.6 Å². The summed E-state index contributed by atoms with van der Waals surface area (Å²) in [5, 5.41) is 5.35. The average molecular weight is 553 g/mol. The van der Waals surface area contributed by atoms with E-state index in [-0.39, 0.29) is 13.0 Å². The summed E-state index contributed by atoms with van der Waals surface area (Å²) in [6, 6.07) is 32.8. The fourth-order valence-corrected chi connectivity index (χ4v) is 4.10. The minimum Gasteiger partial charge on any atom is -0.489 e. The smallest absolute Gasteiger partial charge is 0.408 e. The van der Waals surface area contributed by atoms with Crippen molar-refractivity contribution in [3.63, 3.8) is 0 Å². The Morgan fingerprint density at radius 3 is 1.73 bits per heavy atom. The zero-order valence-corrected chi connectivity index (χ0v) is 22.4. The van der Waals surface area contributed by atoms with Crippen molar-refractivity contribution < 1.29 is 23.9 Å². The van der Waals surface area contributed by atoms with Gasteiger partial charge >= 0.3 is 6.09 Å². The minimum absolute atomic E-state index is 0.0273. The Morgan fingerprint density at radius 2 is 1.17 bits per heavy atom. The lowest BCUT2D eigenvalue weighted by atomic mass is 10.0. The number of nitrogens with two attached hydrogens (primary N) is 1. The molecule has 2 atom stereocenters. The van der Waals surface area contributed by atoms with Crippen LogP contribution in [-0.4, -0.2) is 23.9 Å². The van der Waals surface area contributed by atoms with Crippen LogP contribution in [0.5, 0.6) is 5.75 Å². The molecule has 0 radical (unpaired) electrons. The minimum atomic E-state index is -1.16. The molecule has 5 N–H and O–H groups in total. The monoisotopic (exact) mass is 552 g/mol. The van der Waals surface area contributed by atoms with Gasteiger partial charge in [0.15, 0.2) is 0 Å². The van der Waals surface area contributed by atoms with Gasteiger partial charge in [0.1, 0.15) is 31.0 Å². The van der Waals surface area contributed by atoms with Gasteiger partial charge in [-0.15, -0.1) is 0 Å². The highest BCUT2D eigenvalue weighted by molar-refractivity contribution is 5.92. The number of hydrogen-bond acceptors (Lipinski definition) is 6. The van der Waals surface area contributed by atoms with Gasteiger partial charge in [-0.1, -0.05) is 103 Å². The van der Waals surface area contributed by atoms with Crippen LogP contribution in [0.1, 0.15) is 28.3 Å². The van der Waals surface area contributed by atoms with E-state index in [0.717, 1.165) is 16.7 Å². The van der Waals surface area contributed by atoms with Crippen LogP contribution in [0.25, 0.3) is 0 Å². The first-order valence-electron chi connectivity index (χ1n) is 13.1. The van der Waals surface area contributed by atoms with Crippen molar-refractivity contribution in [2.24, 2.45) is 5.84 Å². The van der Waals surface area contributed by atoms with Crippen LogP contribution in [0.4, 0.5) is 4.79 Å². The highest BCUT2D eigenvalue weighted by atomic mass is 16.5. The number of ether oxygens (including phenoxy) is 2. The third-order valence-electron chi connectivity index (χ3n) is 6.26. The highest BCUT2D eigenvalue weighted by Gasteiger charge is 2.28. The molecule has 0 fully saturated rings. The fraction of sp³-hybridized carbons (Fsp3) is 0.156. The van der Waals surface area contributed by atoms with Gasteiger partial charge in [0.2, 0.25) is 5.91 Å². The third kappa shape index (κ3) is 8.94. The first kappa shape index (κ1) is 28.8. The number of hydrogen-bond donors (Lipinski definition) is 4. The number of nitrogens with one attached hydrogen (secondary N) is 3. The fourth-order valence-electron chi connectivity index (χ4n) is 4.10. The van der Waals surface area contributed by atoms with E-state index >= 15 is 0 Å². The van der Waals surface area contributed by atoms with E-state index in [1.165, 1.54) is 0 Å². The maximum absolute atomic E-state index is 13.5. The van der Waals surface area contributed by atoms with E-state index in [0.29, 0.717) is 17.9 Å². The normalized spacial score (nSPS) is 11.9. The quantitative estimate of drug-likeness (QED) is 0.120. The molecule has 9 heteroatoms. The van der Waals surface area contributed by atoms with Crippen LogP contribution in [0.3, 0.4) is 0 Å². The molecule has 0 spiro atoms. The number of rotatable bonds is 12. The summed E-state index contributed by atoms with van der Waals surface area (Å²) in [5.41, 5.74) is 5.21. The zero-order valence-electron chi connectivity index (χ0n) is 22.4. The maximum atomic E-state index is 13.5. The van der Waals surface area contributed by atoms with Crippen LogP contribution in [-0.2, 0) is 34.0 Å². The van der Waals surface area contributed by atoms with Crippen molar-refractivity contribution in [1.29, 1.82) is 0 Å². The molecular formula is C32H32N4O5. The zero-order chi connectivity index (χ0) is 28.9. The molecule has 0 aliphatic rings. The van der Waals surface area contributed by atoms with E-state index in [4.69, 9.17) is 15.3 Å². The summed E-state index contributed by atoms with van der Waals surface area (Å²) in [4.78, 5) is 38.8. The predicted molar refractivity (Wildman–Crippen MR) is 154 cm³/mol. The number of hydrazine groups is 1. The largest absolute Gasteiger partial charge is 0.489 e. The Bertz CT molecular complexity index is 1400. The summed E-state index contributed by atoms with van der Waals surface area (Å²) in [7, 11) is 0. The van der Waals surface area contributed by atoms with E-state index in [9.17, 15) is 14.4 Å². The predicted octanol–water partition coefficient (Wildman–Crippen LogP) is 3.95. The van der Waals surface area contributed by atoms with Crippen molar-refractivity contribution in [2.45, 2.75) is 31.7 Å². The Hall–Kier alpha value is -5.15. The van der Waals surface area contributed by atoms with Crippen molar-refractivity contribution >= 4 is 17.9 Å². The van der Waals surface area contributed by atoms with Crippen LogP contribution in [0.2, 0.25) is 0 Å². The summed E-state index contributed by atoms with van der Waals surface area (Å²) in [6.07, 6.45) is -0.589. The molecule has 4 aromatic rings. The van der Waals surface area contributed by atoms with E-state index in [1.54, 1.807) is 24.3 Å². The lowest BCUT2D eigenvalue weighted by Crippen LogP contribution is -2.52. The molecule has 41 heavy (non-hydrogen) atoms. The molecule has 0 unspecified atom stereocenters. The lowest BCUT2D eigenvalue weighted by molar-refractivity contribution is -0.130. The van der Waals surface area contributed by atoms with E-state index in [2.05, 4.69) is 16.1 Å². The Balaban J connectivity index is 1.49. The van der Waals surface area contributed by atoms with Crippen molar-refractivity contribution in [2.75, 3.05) is 0 Å². The van der Waals surface area contributed by atoms with Gasteiger partial charge in [0, 0.05) is 6.42 Å². The SMILES string of the molecule is NNC(=O)[C@@H](Cc1ccccc1)NC(=O)[C@H](NC(=O)OCc1ccccc1)c1ccc(OCc2ccccc2)cc1. The lowest BCUT2D eigenvalue weighted by Gasteiger charge is -2.23. The molecule has 210 valence electrons. The van der Waals surface area contributed by atoms with Gasteiger partial charge in [-0.05, 0) is 34.4 Å². The molecule has 0 heterocycles. The second kappa shape index (κ2) is 14.9. The summed E-state index contributed by atoms with van der Waals surface area (Å²) < 4.78 is 11.2. The van der Waals surface area contributed by atoms with Crippen molar-refractivity contribution in [3.05, 3.63) is 138 Å². The van der Waals surface area contributed by atoms with Gasteiger partial charge in [-0.2, -0.15) is 0 Å². The molecule has 0 aliphatic carbocycles. The van der Waals surface area contributed by atoms with Crippen LogP contribution >= 0.6 is 0 Å². The second-order valence-electron chi connectivity index (χ2n) is 9.24. The third-order valence-corrected chi connectivity index (χ3v) is 6.26. The van der Waals surface area contributed by atoms with E-state index in [1.807, 2.05) is 91.0 Å². The standard InChI is InChI=1S/C32H32N4O5/c33-36-30(37)28(20-23-10-4-1-5-11-23)34-31(38)29(35-32(39)41-22-25-14-8-3-9-15-25)26-16-18-27(19-17-26)40-21-24-12-6-2-7-13-24/h1-19,28-29H,20-22,33H2,(H,34,38)(H,35,39)(H,36,37)/t28-,29-/m1/s1. The van der Waals surface area contributed by atoms with Crippen LogP contribution in [0, 0.1) is 0 Å². The summed E-state index contributed by atoms with van der Waals surface area (Å²) in [6.45, 7) is 0.406. The maximum Gasteiger partial charge on any atom is 0.408 e. The second-order valence-corrected chi connectivity index (χ2v) is 9.24. The molecule has 0 aliphatic heterocycles. The van der Waals surface area contributed by atoms with Crippen molar-refractivity contribution in [3.8, 4) is 5.75 Å². The van der Waals surface area contributed by atoms with Crippen molar-refractivity contribution in [1.82, 2.24) is 16.1 Å². The molecule has 0 bridgehead atoms. The first-order valence-corrected chi connectivity index (χ1v) is 13.1. The van der Waals surface area contributed by atoms with Gasteiger partial charge in [-0.3, -0.25) is 15.0 Å². The molecule has 4 aromatic carbocycles. The molecule has 0 saturated carbocycles. The number of alkyl carbamates (subject to hydrolysis) is 1. The number of carbonyl (C=O) groups excluding carboxylic acids is 3. The van der Waals surface area contributed by atoms with Gasteiger partial charge < -0.3 is 20.1 Å². The average Bonchev–Trinajstić information content (AvgIpc) is 3.02. The highest BCUT2D eigenvalue weighted by Crippen LogP contribution is 2.20. The molecule has 3 amide bonds. The number of benzene rings is 4. The van der Waals surface area contributed by atoms with Gasteiger partial charge in [0.25, 0.3) is 5.91 Å². The molecule has 0 saturated heterocycles. The van der Waals surface area contributed by atoms with Gasteiger partial charge in [0.05, 0.1) is 0 Å². The topological polar surface area (TPSA) is 132 Å². The molecule has 0 aromatic heterocycles. The summed E-state index contributed by atoms with van der Waals surface area (Å²) in [5.74, 6) is 4.81. The van der Waals surface area contributed by atoms with E-state index < -0.39 is 30.0 Å². The molecule has 4 rings (SSSR count). The van der Waals surface area contributed by atoms with Crippen LogP contribution < -0.4 is 26.6 Å².